The molecule has 0 heterocycles. The molecule has 106 valence electrons. The Morgan fingerprint density at radius 2 is 1.84 bits per heavy atom. The van der Waals surface area contributed by atoms with Crippen molar-refractivity contribution in [3.8, 4) is 0 Å². The summed E-state index contributed by atoms with van der Waals surface area (Å²) in [4.78, 5) is 0. The molecule has 2 rings (SSSR count). The van der Waals surface area contributed by atoms with Gasteiger partial charge < -0.3 is 5.11 Å². The summed E-state index contributed by atoms with van der Waals surface area (Å²) < 4.78 is 0. The molecule has 1 saturated carbocycles. The van der Waals surface area contributed by atoms with E-state index in [9.17, 15) is 5.11 Å². The van der Waals surface area contributed by atoms with E-state index in [0.29, 0.717) is 5.92 Å². The molecule has 1 fully saturated rings. The standard InChI is InChI=1S/C18H28O/c1-3-7-15(8-4-2)18(19)17-12-6-11-16(13-17)14-9-5-10-14/h6,11-15,18-19H,3-5,7-10H2,1-2H3. The van der Waals surface area contributed by atoms with Gasteiger partial charge in [-0.05, 0) is 48.6 Å². The average molecular weight is 260 g/mol. The van der Waals surface area contributed by atoms with Crippen LogP contribution in [0, 0.1) is 5.92 Å². The van der Waals surface area contributed by atoms with Gasteiger partial charge in [-0.1, -0.05) is 57.4 Å². The van der Waals surface area contributed by atoms with Crippen LogP contribution in [0.25, 0.3) is 0 Å². The Kier molecular flexibility index (Phi) is 5.45. The van der Waals surface area contributed by atoms with Gasteiger partial charge >= 0.3 is 0 Å². The largest absolute Gasteiger partial charge is 0.388 e. The van der Waals surface area contributed by atoms with Crippen molar-refractivity contribution < 1.29 is 5.11 Å². The van der Waals surface area contributed by atoms with Crippen molar-refractivity contribution in [2.75, 3.05) is 0 Å². The second kappa shape index (κ2) is 7.09. The summed E-state index contributed by atoms with van der Waals surface area (Å²) in [5.74, 6) is 1.18. The average Bonchev–Trinajstić information content (AvgIpc) is 2.36. The van der Waals surface area contributed by atoms with E-state index < -0.39 is 0 Å². The molecular formula is C18H28O. The van der Waals surface area contributed by atoms with Crippen LogP contribution in [0.4, 0.5) is 0 Å². The zero-order valence-corrected chi connectivity index (χ0v) is 12.4. The van der Waals surface area contributed by atoms with E-state index in [1.807, 2.05) is 0 Å². The van der Waals surface area contributed by atoms with Crippen molar-refractivity contribution >= 4 is 0 Å². The van der Waals surface area contributed by atoms with Crippen molar-refractivity contribution in [1.82, 2.24) is 0 Å². The van der Waals surface area contributed by atoms with Crippen LogP contribution < -0.4 is 0 Å². The molecule has 1 aromatic carbocycles. The van der Waals surface area contributed by atoms with Crippen molar-refractivity contribution in [3.63, 3.8) is 0 Å². The van der Waals surface area contributed by atoms with E-state index in [-0.39, 0.29) is 6.10 Å². The Morgan fingerprint density at radius 1 is 1.16 bits per heavy atom. The van der Waals surface area contributed by atoms with Gasteiger partial charge in [0.1, 0.15) is 0 Å². The van der Waals surface area contributed by atoms with Crippen LogP contribution in [0.2, 0.25) is 0 Å². The van der Waals surface area contributed by atoms with E-state index in [0.717, 1.165) is 37.2 Å². The number of rotatable bonds is 7. The zero-order chi connectivity index (χ0) is 13.7. The first kappa shape index (κ1) is 14.6. The van der Waals surface area contributed by atoms with Crippen LogP contribution in [0.1, 0.15) is 81.9 Å². The molecule has 1 atom stereocenters. The number of benzene rings is 1. The minimum Gasteiger partial charge on any atom is -0.388 e. The smallest absolute Gasteiger partial charge is 0.0818 e. The number of hydrogen-bond acceptors (Lipinski definition) is 1. The predicted molar refractivity (Wildman–Crippen MR) is 81.3 cm³/mol. The first-order valence-electron chi connectivity index (χ1n) is 8.04. The summed E-state index contributed by atoms with van der Waals surface area (Å²) in [5, 5.41) is 10.6. The highest BCUT2D eigenvalue weighted by molar-refractivity contribution is 5.29. The Labute approximate surface area is 118 Å². The SMILES string of the molecule is CCCC(CCC)C(O)c1cccc(C2CCC2)c1. The monoisotopic (exact) mass is 260 g/mol. The number of hydrogen-bond donors (Lipinski definition) is 1. The second-order valence-corrected chi connectivity index (χ2v) is 6.08. The van der Waals surface area contributed by atoms with Crippen molar-refractivity contribution in [1.29, 1.82) is 0 Å². The quantitative estimate of drug-likeness (QED) is 0.714. The third kappa shape index (κ3) is 3.60. The second-order valence-electron chi connectivity index (χ2n) is 6.08. The maximum atomic E-state index is 10.6. The minimum atomic E-state index is -0.278. The Bertz CT molecular complexity index is 375. The Hall–Kier alpha value is -0.820. The molecule has 1 unspecified atom stereocenters. The van der Waals surface area contributed by atoms with Gasteiger partial charge in [0.2, 0.25) is 0 Å². The van der Waals surface area contributed by atoms with Gasteiger partial charge in [-0.25, -0.2) is 0 Å². The third-order valence-electron chi connectivity index (χ3n) is 4.59. The minimum absolute atomic E-state index is 0.278. The molecule has 0 saturated heterocycles. The lowest BCUT2D eigenvalue weighted by Crippen LogP contribution is -2.14. The van der Waals surface area contributed by atoms with Crippen LogP contribution in [0.3, 0.4) is 0 Å². The number of aliphatic hydroxyl groups is 1. The van der Waals surface area contributed by atoms with Gasteiger partial charge in [0, 0.05) is 0 Å². The summed E-state index contributed by atoms with van der Waals surface area (Å²) in [6.07, 6.45) is 8.31. The molecule has 1 nitrogen and oxygen atoms in total. The molecule has 0 aliphatic heterocycles. The lowest BCUT2D eigenvalue weighted by Gasteiger charge is -2.28. The van der Waals surface area contributed by atoms with E-state index in [2.05, 4.69) is 38.1 Å². The van der Waals surface area contributed by atoms with Gasteiger partial charge in [0.05, 0.1) is 6.10 Å². The molecular weight excluding hydrogens is 232 g/mol. The normalized spacial score (nSPS) is 17.5. The molecule has 0 bridgehead atoms. The van der Waals surface area contributed by atoms with Crippen LogP contribution in [-0.4, -0.2) is 5.11 Å². The van der Waals surface area contributed by atoms with Crippen LogP contribution in [0.15, 0.2) is 24.3 Å². The van der Waals surface area contributed by atoms with E-state index in [4.69, 9.17) is 0 Å². The number of aliphatic hydroxyl groups excluding tert-OH is 1. The highest BCUT2D eigenvalue weighted by Gasteiger charge is 2.23. The lowest BCUT2D eigenvalue weighted by molar-refractivity contribution is 0.0963. The summed E-state index contributed by atoms with van der Waals surface area (Å²) in [7, 11) is 0. The van der Waals surface area contributed by atoms with E-state index in [1.54, 1.807) is 0 Å². The maximum Gasteiger partial charge on any atom is 0.0818 e. The van der Waals surface area contributed by atoms with Crippen LogP contribution in [-0.2, 0) is 0 Å². The zero-order valence-electron chi connectivity index (χ0n) is 12.4. The molecule has 19 heavy (non-hydrogen) atoms. The van der Waals surface area contributed by atoms with Gasteiger partial charge in [0.25, 0.3) is 0 Å². The fourth-order valence-corrected chi connectivity index (χ4v) is 3.21. The van der Waals surface area contributed by atoms with Crippen molar-refractivity contribution in [2.45, 2.75) is 70.8 Å². The molecule has 1 heteroatoms. The molecule has 0 radical (unpaired) electrons. The summed E-state index contributed by atoms with van der Waals surface area (Å²) in [6.45, 7) is 4.42. The summed E-state index contributed by atoms with van der Waals surface area (Å²) in [6, 6.07) is 8.72. The summed E-state index contributed by atoms with van der Waals surface area (Å²) >= 11 is 0. The molecule has 1 aliphatic carbocycles. The first-order chi connectivity index (χ1) is 9.26. The van der Waals surface area contributed by atoms with Gasteiger partial charge in [0.15, 0.2) is 0 Å². The van der Waals surface area contributed by atoms with Crippen molar-refractivity contribution in [2.24, 2.45) is 5.92 Å². The maximum absolute atomic E-state index is 10.6. The van der Waals surface area contributed by atoms with E-state index >= 15 is 0 Å². The van der Waals surface area contributed by atoms with Crippen LogP contribution in [0.5, 0.6) is 0 Å². The molecule has 0 amide bonds. The molecule has 1 aliphatic rings. The highest BCUT2D eigenvalue weighted by atomic mass is 16.3. The van der Waals surface area contributed by atoms with Crippen LogP contribution >= 0.6 is 0 Å². The molecule has 0 spiro atoms. The predicted octanol–water partition coefficient (Wildman–Crippen LogP) is 5.20. The molecule has 1 N–H and O–H groups in total. The van der Waals surface area contributed by atoms with Crippen molar-refractivity contribution in [3.05, 3.63) is 35.4 Å². The molecule has 0 aromatic heterocycles. The molecule has 1 aromatic rings. The fraction of sp³-hybridized carbons (Fsp3) is 0.667. The van der Waals surface area contributed by atoms with Gasteiger partial charge in [-0.3, -0.25) is 0 Å². The first-order valence-corrected chi connectivity index (χ1v) is 8.04. The topological polar surface area (TPSA) is 20.2 Å². The van der Waals surface area contributed by atoms with Gasteiger partial charge in [-0.2, -0.15) is 0 Å². The highest BCUT2D eigenvalue weighted by Crippen LogP contribution is 2.38. The Balaban J connectivity index is 2.09. The summed E-state index contributed by atoms with van der Waals surface area (Å²) in [5.41, 5.74) is 2.57. The Morgan fingerprint density at radius 3 is 2.37 bits per heavy atom. The van der Waals surface area contributed by atoms with E-state index in [1.165, 1.54) is 24.8 Å². The lowest BCUT2D eigenvalue weighted by atomic mass is 9.78. The third-order valence-corrected chi connectivity index (χ3v) is 4.59. The van der Waals surface area contributed by atoms with Gasteiger partial charge in [-0.15, -0.1) is 0 Å². The fourth-order valence-electron chi connectivity index (χ4n) is 3.21.